The van der Waals surface area contributed by atoms with Gasteiger partial charge in [-0.2, -0.15) is 0 Å². The summed E-state index contributed by atoms with van der Waals surface area (Å²) < 4.78 is 5.76. The number of esters is 1. The van der Waals surface area contributed by atoms with Gasteiger partial charge in [-0.3, -0.25) is 28.9 Å². The van der Waals surface area contributed by atoms with Crippen molar-refractivity contribution in [2.45, 2.75) is 117 Å². The van der Waals surface area contributed by atoms with Crippen LogP contribution in [0.25, 0.3) is 0 Å². The van der Waals surface area contributed by atoms with Gasteiger partial charge >= 0.3 is 11.9 Å². The molecule has 3 rings (SSSR count). The van der Waals surface area contributed by atoms with Crippen molar-refractivity contribution in [2.75, 3.05) is 20.6 Å². The van der Waals surface area contributed by atoms with Crippen LogP contribution >= 0.6 is 11.3 Å². The number of thiazole rings is 1. The lowest BCUT2D eigenvalue weighted by Gasteiger charge is -2.38. The van der Waals surface area contributed by atoms with Crippen molar-refractivity contribution in [3.63, 3.8) is 0 Å². The molecule has 0 radical (unpaired) electrons. The van der Waals surface area contributed by atoms with Gasteiger partial charge in [-0.25, -0.2) is 4.98 Å². The highest BCUT2D eigenvalue weighted by Gasteiger charge is 2.37. The highest BCUT2D eigenvalue weighted by molar-refractivity contribution is 7.09. The van der Waals surface area contributed by atoms with Gasteiger partial charge in [0.05, 0.1) is 12.0 Å². The number of likely N-dealkylation sites (tertiary alicyclic amines) is 1. The average Bonchev–Trinajstić information content (AvgIpc) is 3.59. The van der Waals surface area contributed by atoms with Crippen molar-refractivity contribution >= 4 is 41.0 Å². The number of piperidine rings is 1. The lowest BCUT2D eigenvalue weighted by molar-refractivity contribution is -0.149. The van der Waals surface area contributed by atoms with E-state index in [9.17, 15) is 29.1 Å². The van der Waals surface area contributed by atoms with Crippen LogP contribution in [0.5, 0.6) is 0 Å². The number of likely N-dealkylation sites (N-methyl/N-ethyl adjacent to an activating group) is 2. The number of carbonyl (C=O) groups excluding carboxylic acids is 4. The topological polar surface area (TPSA) is 158 Å². The quantitative estimate of drug-likeness (QED) is 0.178. The molecule has 2 aromatic rings. The Labute approximate surface area is 306 Å². The van der Waals surface area contributed by atoms with Gasteiger partial charge in [0.25, 0.3) is 5.91 Å². The largest absolute Gasteiger partial charge is 0.481 e. The first-order valence-corrected chi connectivity index (χ1v) is 19.0. The molecule has 1 aromatic carbocycles. The van der Waals surface area contributed by atoms with Crippen LogP contribution in [0, 0.1) is 17.8 Å². The number of benzene rings is 1. The minimum Gasteiger partial charge on any atom is -0.481 e. The van der Waals surface area contributed by atoms with Crippen molar-refractivity contribution < 1.29 is 33.8 Å². The predicted octanol–water partition coefficient (Wildman–Crippen LogP) is 5.09. The zero-order chi connectivity index (χ0) is 37.8. The SMILES string of the molecule is CCC(C)C(NC(=O)[C@H]1CCCCN1C)C(=O)N(C)C(CC(OC(C)=O)c1nc(C(=O)NC(Cc2ccccc2)CC(C)C(=O)O)cs1)C(C)C. The van der Waals surface area contributed by atoms with E-state index in [0.29, 0.717) is 17.8 Å². The van der Waals surface area contributed by atoms with E-state index in [0.717, 1.165) is 31.4 Å². The molecule has 13 heteroatoms. The summed E-state index contributed by atoms with van der Waals surface area (Å²) in [6.07, 6.45) is 3.53. The van der Waals surface area contributed by atoms with Gasteiger partial charge in [0.2, 0.25) is 11.8 Å². The average molecular weight is 728 g/mol. The monoisotopic (exact) mass is 727 g/mol. The van der Waals surface area contributed by atoms with Crippen molar-refractivity contribution in [2.24, 2.45) is 17.8 Å². The second-order valence-electron chi connectivity index (χ2n) is 14.4. The third-order valence-corrected chi connectivity index (χ3v) is 10.9. The smallest absolute Gasteiger partial charge is 0.306 e. The first kappa shape index (κ1) is 41.6. The maximum Gasteiger partial charge on any atom is 0.306 e. The molecule has 1 fully saturated rings. The number of carbonyl (C=O) groups is 5. The van der Waals surface area contributed by atoms with Crippen LogP contribution in [0.4, 0.5) is 0 Å². The number of hydrogen-bond donors (Lipinski definition) is 3. The second-order valence-corrected chi connectivity index (χ2v) is 15.3. The van der Waals surface area contributed by atoms with E-state index in [1.807, 2.05) is 70.0 Å². The Balaban J connectivity index is 1.81. The Morgan fingerprint density at radius 1 is 1.06 bits per heavy atom. The fourth-order valence-electron chi connectivity index (χ4n) is 6.64. The van der Waals surface area contributed by atoms with Gasteiger partial charge in [0.15, 0.2) is 6.10 Å². The van der Waals surface area contributed by atoms with E-state index in [-0.39, 0.29) is 48.2 Å². The molecular formula is C38H57N5O7S. The molecule has 0 saturated carbocycles. The summed E-state index contributed by atoms with van der Waals surface area (Å²) in [5, 5.41) is 17.6. The molecule has 2 heterocycles. The van der Waals surface area contributed by atoms with Gasteiger partial charge in [-0.15, -0.1) is 11.3 Å². The van der Waals surface area contributed by atoms with E-state index in [1.165, 1.54) is 18.3 Å². The van der Waals surface area contributed by atoms with E-state index in [2.05, 4.69) is 15.6 Å². The molecule has 1 aliphatic rings. The third-order valence-electron chi connectivity index (χ3n) is 9.98. The standard InChI is InChI=1S/C38H57N5O7S/c1-9-24(4)33(41-35(46)30-17-13-14-18-42(30)7)37(47)43(8)31(23(2)3)21-32(50-26(6)44)36-40-29(22-51-36)34(45)39-28(19-25(5)38(48)49)20-27-15-11-10-12-16-27/h10-12,15-16,22-25,28,30-33H,9,13-14,17-21H2,1-8H3,(H,39,45)(H,41,46)(H,48,49)/t24?,25?,28?,30-,31?,32?,33?/m1/s1. The minimum atomic E-state index is -0.944. The van der Waals surface area contributed by atoms with Crippen molar-refractivity contribution in [1.82, 2.24) is 25.4 Å². The Kier molecular flexibility index (Phi) is 16.0. The van der Waals surface area contributed by atoms with Crippen molar-refractivity contribution in [3.05, 3.63) is 52.0 Å². The van der Waals surface area contributed by atoms with E-state index in [1.54, 1.807) is 24.3 Å². The number of carboxylic acid groups (broad SMARTS) is 1. The molecule has 12 nitrogen and oxygen atoms in total. The number of amides is 3. The molecule has 51 heavy (non-hydrogen) atoms. The molecule has 3 N–H and O–H groups in total. The normalized spacial score (nSPS) is 18.5. The summed E-state index contributed by atoms with van der Waals surface area (Å²) in [6, 6.07) is 7.68. The Bertz CT molecular complexity index is 1470. The highest BCUT2D eigenvalue weighted by atomic mass is 32.1. The molecule has 0 spiro atoms. The van der Waals surface area contributed by atoms with Crippen LogP contribution in [0.1, 0.15) is 107 Å². The Morgan fingerprint density at radius 3 is 2.33 bits per heavy atom. The number of ether oxygens (including phenoxy) is 1. The summed E-state index contributed by atoms with van der Waals surface area (Å²) in [4.78, 5) is 73.3. The van der Waals surface area contributed by atoms with Crippen molar-refractivity contribution in [1.29, 1.82) is 0 Å². The molecule has 282 valence electrons. The summed E-state index contributed by atoms with van der Waals surface area (Å²) in [5.74, 6) is -3.11. The highest BCUT2D eigenvalue weighted by Crippen LogP contribution is 2.31. The van der Waals surface area contributed by atoms with Crippen LogP contribution < -0.4 is 10.6 Å². The molecule has 0 bridgehead atoms. The number of hydrogen-bond acceptors (Lipinski definition) is 9. The number of rotatable bonds is 18. The van der Waals surface area contributed by atoms with Crippen LogP contribution in [-0.2, 0) is 30.3 Å². The van der Waals surface area contributed by atoms with Gasteiger partial charge in [-0.05, 0) is 56.7 Å². The zero-order valence-electron chi connectivity index (χ0n) is 31.4. The first-order valence-electron chi connectivity index (χ1n) is 18.1. The van der Waals surface area contributed by atoms with Gasteiger partial charge < -0.3 is 25.4 Å². The third kappa shape index (κ3) is 12.1. The molecule has 0 aliphatic carbocycles. The molecular weight excluding hydrogens is 671 g/mol. The van der Waals surface area contributed by atoms with Crippen molar-refractivity contribution in [3.8, 4) is 0 Å². The fourth-order valence-corrected chi connectivity index (χ4v) is 7.48. The van der Waals surface area contributed by atoms with Crippen LogP contribution in [0.15, 0.2) is 35.7 Å². The molecule has 1 saturated heterocycles. The zero-order valence-corrected chi connectivity index (χ0v) is 32.2. The summed E-state index contributed by atoms with van der Waals surface area (Å²) in [5.41, 5.74) is 1.09. The van der Waals surface area contributed by atoms with Gasteiger partial charge in [0, 0.05) is 37.9 Å². The summed E-state index contributed by atoms with van der Waals surface area (Å²) in [6.45, 7) is 11.7. The molecule has 1 aromatic heterocycles. The van der Waals surface area contributed by atoms with Crippen LogP contribution in [-0.4, -0.2) is 94.4 Å². The van der Waals surface area contributed by atoms with E-state index in [4.69, 9.17) is 4.74 Å². The number of aliphatic carboxylic acids is 1. The maximum absolute atomic E-state index is 14.2. The molecule has 1 aliphatic heterocycles. The molecule has 7 atom stereocenters. The minimum absolute atomic E-state index is 0.0486. The Morgan fingerprint density at radius 2 is 1.75 bits per heavy atom. The number of carboxylic acids is 1. The molecule has 3 amide bonds. The van der Waals surface area contributed by atoms with Gasteiger partial charge in [-0.1, -0.05) is 77.8 Å². The lowest BCUT2D eigenvalue weighted by Crippen LogP contribution is -2.58. The fraction of sp³-hybridized carbons (Fsp3) is 0.632. The lowest BCUT2D eigenvalue weighted by atomic mass is 9.92. The number of nitrogens with one attached hydrogen (secondary N) is 2. The van der Waals surface area contributed by atoms with E-state index < -0.39 is 48.0 Å². The number of aromatic nitrogens is 1. The molecule has 6 unspecified atom stereocenters. The Hall–Kier alpha value is -3.84. The van der Waals surface area contributed by atoms with Crippen LogP contribution in [0.2, 0.25) is 0 Å². The summed E-state index contributed by atoms with van der Waals surface area (Å²) in [7, 11) is 3.66. The maximum atomic E-state index is 14.2. The number of nitrogens with zero attached hydrogens (tertiary/aromatic N) is 3. The predicted molar refractivity (Wildman–Crippen MR) is 197 cm³/mol. The van der Waals surface area contributed by atoms with E-state index >= 15 is 0 Å². The first-order chi connectivity index (χ1) is 24.1. The summed E-state index contributed by atoms with van der Waals surface area (Å²) >= 11 is 1.18. The van der Waals surface area contributed by atoms with Gasteiger partial charge in [0.1, 0.15) is 16.7 Å². The second kappa shape index (κ2) is 19.7. The van der Waals surface area contributed by atoms with Crippen LogP contribution in [0.3, 0.4) is 0 Å².